The van der Waals surface area contributed by atoms with Crippen molar-refractivity contribution in [2.24, 2.45) is 5.92 Å². The van der Waals surface area contributed by atoms with E-state index >= 15 is 0 Å². The van der Waals surface area contributed by atoms with Crippen molar-refractivity contribution in [1.29, 1.82) is 0 Å². The summed E-state index contributed by atoms with van der Waals surface area (Å²) < 4.78 is 46.0. The first-order valence-electron chi connectivity index (χ1n) is 6.91. The van der Waals surface area contributed by atoms with Crippen molar-refractivity contribution < 1.29 is 22.7 Å². The summed E-state index contributed by atoms with van der Waals surface area (Å²) in [5.74, 6) is -0.412. The molecule has 0 radical (unpaired) electrons. The summed E-state index contributed by atoms with van der Waals surface area (Å²) in [7, 11) is -3.71. The third kappa shape index (κ3) is 4.00. The highest BCUT2D eigenvalue weighted by molar-refractivity contribution is 7.89. The molecule has 1 heterocycles. The smallest absolute Gasteiger partial charge is 0.240 e. The van der Waals surface area contributed by atoms with Gasteiger partial charge >= 0.3 is 0 Å². The number of hydrogen-bond donors (Lipinski definition) is 2. The van der Waals surface area contributed by atoms with Crippen molar-refractivity contribution in [2.45, 2.75) is 31.3 Å². The summed E-state index contributed by atoms with van der Waals surface area (Å²) in [6, 6.07) is 2.44. The number of ether oxygens (including phenoxy) is 1. The first-order chi connectivity index (χ1) is 9.94. The van der Waals surface area contributed by atoms with Crippen LogP contribution in [-0.4, -0.2) is 33.3 Å². The molecule has 0 amide bonds. The third-order valence-corrected chi connectivity index (χ3v) is 5.00. The van der Waals surface area contributed by atoms with Crippen LogP contribution in [-0.2, 0) is 21.4 Å². The van der Waals surface area contributed by atoms with Gasteiger partial charge < -0.3 is 9.84 Å². The van der Waals surface area contributed by atoms with Gasteiger partial charge in [0.05, 0.1) is 18.1 Å². The molecule has 1 aliphatic rings. The fourth-order valence-corrected chi connectivity index (χ4v) is 3.61. The van der Waals surface area contributed by atoms with Gasteiger partial charge in [0.1, 0.15) is 5.82 Å². The number of halogens is 1. The van der Waals surface area contributed by atoms with Gasteiger partial charge in [0.15, 0.2) is 0 Å². The van der Waals surface area contributed by atoms with Gasteiger partial charge in [-0.2, -0.15) is 0 Å². The van der Waals surface area contributed by atoms with Gasteiger partial charge in [0.25, 0.3) is 0 Å². The number of aliphatic hydroxyl groups excluding tert-OH is 1. The molecule has 0 bridgehead atoms. The Balaban J connectivity index is 2.13. The summed E-state index contributed by atoms with van der Waals surface area (Å²) in [4.78, 5) is -0.0258. The van der Waals surface area contributed by atoms with E-state index in [4.69, 9.17) is 9.84 Å². The average Bonchev–Trinajstić information content (AvgIpc) is 2.49. The van der Waals surface area contributed by atoms with Crippen LogP contribution in [0.5, 0.6) is 0 Å². The maximum atomic E-state index is 13.7. The monoisotopic (exact) mass is 317 g/mol. The van der Waals surface area contributed by atoms with Crippen LogP contribution in [0.15, 0.2) is 17.0 Å². The summed E-state index contributed by atoms with van der Waals surface area (Å²) in [5, 5.41) is 9.10. The van der Waals surface area contributed by atoms with Crippen molar-refractivity contribution in [1.82, 2.24) is 4.72 Å². The molecule has 2 N–H and O–H groups in total. The van der Waals surface area contributed by atoms with Gasteiger partial charge in [-0.05, 0) is 43.4 Å². The molecule has 0 spiro atoms. The van der Waals surface area contributed by atoms with Crippen LogP contribution in [0.3, 0.4) is 0 Å². The summed E-state index contributed by atoms with van der Waals surface area (Å²) in [5.41, 5.74) is 0.180. The third-order valence-electron chi connectivity index (χ3n) is 3.60. The molecule has 1 fully saturated rings. The van der Waals surface area contributed by atoms with Crippen LogP contribution in [0.2, 0.25) is 0 Å². The molecule has 5 nitrogen and oxygen atoms in total. The zero-order valence-electron chi connectivity index (χ0n) is 11.9. The summed E-state index contributed by atoms with van der Waals surface area (Å²) in [6.07, 6.45) is 1.85. The molecule has 0 saturated carbocycles. The lowest BCUT2D eigenvalue weighted by molar-refractivity contribution is 0.0568. The number of aryl methyl sites for hydroxylation is 1. The molecule has 118 valence electrons. The first-order valence-corrected chi connectivity index (χ1v) is 8.39. The number of nitrogens with one attached hydrogen (secondary N) is 1. The molecule has 2 rings (SSSR count). The molecule has 1 aromatic carbocycles. The minimum Gasteiger partial charge on any atom is -0.392 e. The van der Waals surface area contributed by atoms with Gasteiger partial charge in [-0.15, -0.1) is 0 Å². The lowest BCUT2D eigenvalue weighted by atomic mass is 10.0. The highest BCUT2D eigenvalue weighted by atomic mass is 32.2. The fourth-order valence-electron chi connectivity index (χ4n) is 2.36. The Labute approximate surface area is 124 Å². The minimum atomic E-state index is -3.71. The average molecular weight is 317 g/mol. The Bertz CT molecular complexity index is 597. The largest absolute Gasteiger partial charge is 0.392 e. The van der Waals surface area contributed by atoms with E-state index in [0.29, 0.717) is 13.2 Å². The highest BCUT2D eigenvalue weighted by Gasteiger charge is 2.21. The van der Waals surface area contributed by atoms with E-state index in [0.717, 1.165) is 19.4 Å². The van der Waals surface area contributed by atoms with Crippen LogP contribution in [0.1, 0.15) is 24.0 Å². The molecular weight excluding hydrogens is 297 g/mol. The van der Waals surface area contributed by atoms with E-state index in [1.54, 1.807) is 0 Å². The van der Waals surface area contributed by atoms with Gasteiger partial charge in [-0.3, -0.25) is 0 Å². The Morgan fingerprint density at radius 1 is 1.48 bits per heavy atom. The van der Waals surface area contributed by atoms with Crippen LogP contribution in [0.4, 0.5) is 4.39 Å². The van der Waals surface area contributed by atoms with Crippen molar-refractivity contribution in [3.05, 3.63) is 29.1 Å². The number of hydrogen-bond acceptors (Lipinski definition) is 4. The molecule has 1 unspecified atom stereocenters. The molecule has 0 aliphatic carbocycles. The maximum absolute atomic E-state index is 13.7. The quantitative estimate of drug-likeness (QED) is 0.859. The second-order valence-electron chi connectivity index (χ2n) is 5.31. The number of sulfonamides is 1. The van der Waals surface area contributed by atoms with E-state index in [9.17, 15) is 12.8 Å². The maximum Gasteiger partial charge on any atom is 0.240 e. The van der Waals surface area contributed by atoms with Gasteiger partial charge in [0.2, 0.25) is 10.0 Å². The zero-order valence-corrected chi connectivity index (χ0v) is 12.7. The summed E-state index contributed by atoms with van der Waals surface area (Å²) >= 11 is 0. The Kier molecular flexibility index (Phi) is 5.32. The summed E-state index contributed by atoms with van der Waals surface area (Å²) in [6.45, 7) is 2.51. The molecule has 1 aliphatic heterocycles. The van der Waals surface area contributed by atoms with Crippen molar-refractivity contribution in [3.63, 3.8) is 0 Å². The second kappa shape index (κ2) is 6.83. The van der Waals surface area contributed by atoms with Crippen LogP contribution in [0.25, 0.3) is 0 Å². The highest BCUT2D eigenvalue weighted by Crippen LogP contribution is 2.20. The van der Waals surface area contributed by atoms with Crippen LogP contribution in [0, 0.1) is 18.7 Å². The number of benzene rings is 1. The van der Waals surface area contributed by atoms with Crippen LogP contribution >= 0.6 is 0 Å². The van der Waals surface area contributed by atoms with Gasteiger partial charge in [-0.25, -0.2) is 17.5 Å². The lowest BCUT2D eigenvalue weighted by Crippen LogP contribution is -2.33. The Morgan fingerprint density at radius 2 is 2.24 bits per heavy atom. The number of rotatable bonds is 5. The van der Waals surface area contributed by atoms with E-state index in [2.05, 4.69) is 4.72 Å². The Hall–Kier alpha value is -1.02. The van der Waals surface area contributed by atoms with E-state index in [1.807, 2.05) is 0 Å². The normalized spacial score (nSPS) is 19.7. The minimum absolute atomic E-state index is 0.0172. The predicted octanol–water partition coefficient (Wildman–Crippen LogP) is 1.33. The molecule has 21 heavy (non-hydrogen) atoms. The van der Waals surface area contributed by atoms with Crippen molar-refractivity contribution in [3.8, 4) is 0 Å². The fraction of sp³-hybridized carbons (Fsp3) is 0.571. The van der Waals surface area contributed by atoms with E-state index in [-0.39, 0.29) is 21.9 Å². The number of aliphatic hydroxyl groups is 1. The van der Waals surface area contributed by atoms with E-state index in [1.165, 1.54) is 19.1 Å². The topological polar surface area (TPSA) is 75.6 Å². The van der Waals surface area contributed by atoms with Crippen LogP contribution < -0.4 is 4.72 Å². The molecule has 1 saturated heterocycles. The predicted molar refractivity (Wildman–Crippen MR) is 75.8 cm³/mol. The standard InChI is InChI=1S/C14H20FNO4S/c1-10-5-13(6-12(8-17)14(10)15)21(18,19)16-7-11-3-2-4-20-9-11/h5-6,11,16-17H,2-4,7-9H2,1H3. The lowest BCUT2D eigenvalue weighted by Gasteiger charge is -2.22. The molecule has 7 heteroatoms. The van der Waals surface area contributed by atoms with Gasteiger partial charge in [0, 0.05) is 18.7 Å². The SMILES string of the molecule is Cc1cc(S(=O)(=O)NCC2CCCOC2)cc(CO)c1F. The molecule has 0 aromatic heterocycles. The molecular formula is C14H20FNO4S. The molecule has 1 aromatic rings. The van der Waals surface area contributed by atoms with Gasteiger partial charge in [-0.1, -0.05) is 0 Å². The van der Waals surface area contributed by atoms with E-state index < -0.39 is 22.4 Å². The van der Waals surface area contributed by atoms with Crippen molar-refractivity contribution >= 4 is 10.0 Å². The zero-order chi connectivity index (χ0) is 15.5. The van der Waals surface area contributed by atoms with Crippen molar-refractivity contribution in [2.75, 3.05) is 19.8 Å². The second-order valence-corrected chi connectivity index (χ2v) is 7.07. The Morgan fingerprint density at radius 3 is 2.86 bits per heavy atom. The first kappa shape index (κ1) is 16.4. The molecule has 1 atom stereocenters.